The first-order valence-corrected chi connectivity index (χ1v) is 7.02. The molecule has 0 amide bonds. The molecule has 0 spiro atoms. The van der Waals surface area contributed by atoms with Gasteiger partial charge in [0.2, 0.25) is 0 Å². The number of pyridine rings is 1. The zero-order valence-corrected chi connectivity index (χ0v) is 10.7. The van der Waals surface area contributed by atoms with E-state index < -0.39 is 9.84 Å². The number of hydrogen-bond donors (Lipinski definition) is 0. The van der Waals surface area contributed by atoms with Crippen LogP contribution in [-0.2, 0) is 9.84 Å². The Kier molecular flexibility index (Phi) is 2.81. The molecule has 0 aromatic carbocycles. The topological polar surface area (TPSA) is 64.8 Å². The second kappa shape index (κ2) is 3.99. The SMILES string of the molecule is CS(=O)(=O)c1cnn(-c2ccc(Br)cn2)c1. The van der Waals surface area contributed by atoms with Crippen LogP contribution in [0.4, 0.5) is 0 Å². The van der Waals surface area contributed by atoms with Crippen LogP contribution < -0.4 is 0 Å². The summed E-state index contributed by atoms with van der Waals surface area (Å²) in [4.78, 5) is 4.28. The molecule has 0 aliphatic carbocycles. The average molecular weight is 302 g/mol. The molecule has 0 unspecified atom stereocenters. The third-order valence-corrected chi connectivity index (χ3v) is 3.47. The van der Waals surface area contributed by atoms with Gasteiger partial charge in [-0.3, -0.25) is 0 Å². The van der Waals surface area contributed by atoms with Crippen molar-refractivity contribution in [2.45, 2.75) is 4.90 Å². The molecule has 2 aromatic heterocycles. The van der Waals surface area contributed by atoms with Gasteiger partial charge in [-0.05, 0) is 28.1 Å². The number of halogens is 1. The van der Waals surface area contributed by atoms with E-state index in [4.69, 9.17) is 0 Å². The van der Waals surface area contributed by atoms with E-state index in [-0.39, 0.29) is 4.90 Å². The lowest BCUT2D eigenvalue weighted by molar-refractivity contribution is 0.602. The summed E-state index contributed by atoms with van der Waals surface area (Å²) in [7, 11) is -3.22. The van der Waals surface area contributed by atoms with E-state index in [0.717, 1.165) is 10.7 Å². The van der Waals surface area contributed by atoms with Crippen LogP contribution in [-0.4, -0.2) is 29.4 Å². The highest BCUT2D eigenvalue weighted by Crippen LogP contribution is 2.12. The van der Waals surface area contributed by atoms with Crippen molar-refractivity contribution in [2.24, 2.45) is 0 Å². The molecule has 5 nitrogen and oxygen atoms in total. The summed E-state index contributed by atoms with van der Waals surface area (Å²) in [5, 5.41) is 3.94. The first kappa shape index (κ1) is 11.3. The Balaban J connectivity index is 2.43. The molecule has 2 aromatic rings. The quantitative estimate of drug-likeness (QED) is 0.842. The van der Waals surface area contributed by atoms with Crippen LogP contribution in [0.25, 0.3) is 5.82 Å². The highest BCUT2D eigenvalue weighted by Gasteiger charge is 2.10. The maximum atomic E-state index is 11.3. The lowest BCUT2D eigenvalue weighted by Gasteiger charge is -1.98. The van der Waals surface area contributed by atoms with Crippen molar-refractivity contribution in [3.05, 3.63) is 35.2 Å². The van der Waals surface area contributed by atoms with Crippen LogP contribution in [0.3, 0.4) is 0 Å². The third kappa shape index (κ3) is 2.30. The fourth-order valence-corrected chi connectivity index (χ4v) is 1.89. The standard InChI is InChI=1S/C9H8BrN3O2S/c1-16(14,15)8-5-12-13(6-8)9-3-2-7(10)4-11-9/h2-6H,1H3. The van der Waals surface area contributed by atoms with Crippen molar-refractivity contribution in [2.75, 3.05) is 6.26 Å². The molecule has 0 radical (unpaired) electrons. The molecule has 0 aliphatic rings. The largest absolute Gasteiger partial charge is 0.236 e. The third-order valence-electron chi connectivity index (χ3n) is 1.93. The van der Waals surface area contributed by atoms with E-state index >= 15 is 0 Å². The normalized spacial score (nSPS) is 11.6. The van der Waals surface area contributed by atoms with Gasteiger partial charge in [0.1, 0.15) is 4.90 Å². The molecule has 7 heteroatoms. The van der Waals surface area contributed by atoms with Crippen molar-refractivity contribution in [1.29, 1.82) is 0 Å². The Hall–Kier alpha value is -1.21. The Morgan fingerprint density at radius 3 is 2.56 bits per heavy atom. The summed E-state index contributed by atoms with van der Waals surface area (Å²) in [6.45, 7) is 0. The van der Waals surface area contributed by atoms with Crippen LogP contribution >= 0.6 is 15.9 Å². The molecule has 0 N–H and O–H groups in total. The van der Waals surface area contributed by atoms with Gasteiger partial charge in [-0.1, -0.05) is 0 Å². The number of nitrogens with zero attached hydrogens (tertiary/aromatic N) is 3. The van der Waals surface area contributed by atoms with Crippen LogP contribution in [0.2, 0.25) is 0 Å². The lowest BCUT2D eigenvalue weighted by Crippen LogP contribution is -1.98. The summed E-state index contributed by atoms with van der Waals surface area (Å²) in [6, 6.07) is 3.55. The number of hydrogen-bond acceptors (Lipinski definition) is 4. The smallest absolute Gasteiger partial charge is 0.178 e. The van der Waals surface area contributed by atoms with Crippen LogP contribution in [0.15, 0.2) is 40.1 Å². The predicted octanol–water partition coefficient (Wildman–Crippen LogP) is 1.43. The second-order valence-electron chi connectivity index (χ2n) is 3.23. The van der Waals surface area contributed by atoms with Crippen molar-refractivity contribution in [3.63, 3.8) is 0 Å². The average Bonchev–Trinajstić information content (AvgIpc) is 2.67. The minimum atomic E-state index is -3.22. The van der Waals surface area contributed by atoms with Gasteiger partial charge in [0, 0.05) is 16.9 Å². The summed E-state index contributed by atoms with van der Waals surface area (Å²) < 4.78 is 24.8. The maximum absolute atomic E-state index is 11.3. The van der Waals surface area contributed by atoms with Crippen LogP contribution in [0.1, 0.15) is 0 Å². The molecule has 0 fully saturated rings. The molecular weight excluding hydrogens is 294 g/mol. The first-order valence-electron chi connectivity index (χ1n) is 4.33. The van der Waals surface area contributed by atoms with Crippen molar-refractivity contribution < 1.29 is 8.42 Å². The summed E-state index contributed by atoms with van der Waals surface area (Å²) >= 11 is 3.27. The summed E-state index contributed by atoms with van der Waals surface area (Å²) in [5.41, 5.74) is 0. The van der Waals surface area contributed by atoms with Gasteiger partial charge in [0.05, 0.1) is 12.4 Å². The number of aromatic nitrogens is 3. The molecule has 0 atom stereocenters. The van der Waals surface area contributed by atoms with E-state index in [1.165, 1.54) is 17.1 Å². The molecule has 2 heterocycles. The molecule has 0 saturated carbocycles. The fourth-order valence-electron chi connectivity index (χ4n) is 1.13. The Morgan fingerprint density at radius 1 is 1.31 bits per heavy atom. The molecule has 16 heavy (non-hydrogen) atoms. The van der Waals surface area contributed by atoms with Crippen molar-refractivity contribution in [1.82, 2.24) is 14.8 Å². The van der Waals surface area contributed by atoms with Crippen molar-refractivity contribution >= 4 is 25.8 Å². The molecule has 0 saturated heterocycles. The number of sulfone groups is 1. The predicted molar refractivity (Wildman–Crippen MR) is 62.2 cm³/mol. The van der Waals surface area contributed by atoms with E-state index in [9.17, 15) is 8.42 Å². The van der Waals surface area contributed by atoms with E-state index in [0.29, 0.717) is 5.82 Å². The van der Waals surface area contributed by atoms with Gasteiger partial charge in [0.15, 0.2) is 15.7 Å². The lowest BCUT2D eigenvalue weighted by atomic mass is 10.5. The first-order chi connectivity index (χ1) is 7.47. The van der Waals surface area contributed by atoms with Crippen LogP contribution in [0.5, 0.6) is 0 Å². The molecule has 0 bridgehead atoms. The molecule has 2 rings (SSSR count). The summed E-state index contributed by atoms with van der Waals surface area (Å²) in [5.74, 6) is 0.568. The summed E-state index contributed by atoms with van der Waals surface area (Å²) in [6.07, 6.45) is 5.51. The number of rotatable bonds is 2. The van der Waals surface area contributed by atoms with Gasteiger partial charge in [-0.2, -0.15) is 5.10 Å². The maximum Gasteiger partial charge on any atom is 0.178 e. The van der Waals surface area contributed by atoms with Gasteiger partial charge in [0.25, 0.3) is 0 Å². The zero-order chi connectivity index (χ0) is 11.8. The Labute approximate surface area is 101 Å². The molecule has 0 aliphatic heterocycles. The van der Waals surface area contributed by atoms with E-state index in [1.54, 1.807) is 12.3 Å². The minimum Gasteiger partial charge on any atom is -0.236 e. The minimum absolute atomic E-state index is 0.178. The highest BCUT2D eigenvalue weighted by atomic mass is 79.9. The van der Waals surface area contributed by atoms with E-state index in [1.807, 2.05) is 6.07 Å². The van der Waals surface area contributed by atoms with Gasteiger partial charge >= 0.3 is 0 Å². The monoisotopic (exact) mass is 301 g/mol. The van der Waals surface area contributed by atoms with Gasteiger partial charge < -0.3 is 0 Å². The van der Waals surface area contributed by atoms with Gasteiger partial charge in [-0.25, -0.2) is 18.1 Å². The highest BCUT2D eigenvalue weighted by molar-refractivity contribution is 9.10. The van der Waals surface area contributed by atoms with Gasteiger partial charge in [-0.15, -0.1) is 0 Å². The second-order valence-corrected chi connectivity index (χ2v) is 6.16. The molecular formula is C9H8BrN3O2S. The Bertz CT molecular complexity index is 604. The Morgan fingerprint density at radius 2 is 2.06 bits per heavy atom. The van der Waals surface area contributed by atoms with E-state index in [2.05, 4.69) is 26.0 Å². The van der Waals surface area contributed by atoms with Crippen LogP contribution in [0, 0.1) is 0 Å². The molecule has 84 valence electrons. The zero-order valence-electron chi connectivity index (χ0n) is 8.33. The van der Waals surface area contributed by atoms with Crippen molar-refractivity contribution in [3.8, 4) is 5.82 Å². The fraction of sp³-hybridized carbons (Fsp3) is 0.111.